The van der Waals surface area contributed by atoms with Crippen molar-refractivity contribution in [2.45, 2.75) is 39.0 Å². The highest BCUT2D eigenvalue weighted by Gasteiger charge is 2.43. The molecule has 0 amide bonds. The molecule has 17 heavy (non-hydrogen) atoms. The summed E-state index contributed by atoms with van der Waals surface area (Å²) < 4.78 is 0. The number of Topliss-reactive ketones (excluding diaryl/α,β-unsaturated/α-hetero) is 2. The molecule has 2 nitrogen and oxygen atoms in total. The van der Waals surface area contributed by atoms with Gasteiger partial charge < -0.3 is 0 Å². The van der Waals surface area contributed by atoms with Crippen LogP contribution in [0.25, 0.3) is 0 Å². The van der Waals surface area contributed by atoms with E-state index in [0.29, 0.717) is 12.8 Å². The lowest BCUT2D eigenvalue weighted by atomic mass is 9.67. The third kappa shape index (κ3) is 2.31. The molecule has 0 bridgehead atoms. The molecule has 0 aliphatic heterocycles. The monoisotopic (exact) mass is 230 g/mol. The molecule has 1 saturated carbocycles. The number of benzene rings is 1. The van der Waals surface area contributed by atoms with E-state index in [1.807, 2.05) is 30.3 Å². The molecule has 90 valence electrons. The molecule has 1 atom stereocenters. The van der Waals surface area contributed by atoms with Crippen molar-refractivity contribution in [1.29, 1.82) is 0 Å². The highest BCUT2D eigenvalue weighted by atomic mass is 16.2. The maximum atomic E-state index is 12.1. The van der Waals surface area contributed by atoms with Crippen LogP contribution in [0.1, 0.15) is 38.2 Å². The summed E-state index contributed by atoms with van der Waals surface area (Å²) in [6.45, 7) is 1.56. The Hall–Kier alpha value is -1.44. The van der Waals surface area contributed by atoms with E-state index >= 15 is 0 Å². The minimum absolute atomic E-state index is 0.0334. The number of ketones is 2. The zero-order valence-electron chi connectivity index (χ0n) is 10.2. The SMILES string of the molecule is CC(=O)C1(Cc2ccccc2)CCCCC1=O. The summed E-state index contributed by atoms with van der Waals surface area (Å²) in [7, 11) is 0. The molecule has 0 aromatic heterocycles. The molecule has 0 heterocycles. The second-order valence-corrected chi connectivity index (χ2v) is 4.93. The molecule has 0 N–H and O–H groups in total. The molecule has 1 aromatic rings. The molecule has 1 aliphatic carbocycles. The second-order valence-electron chi connectivity index (χ2n) is 4.93. The molecule has 0 radical (unpaired) electrons. The Labute approximate surface area is 102 Å². The third-order valence-electron chi connectivity index (χ3n) is 3.81. The summed E-state index contributed by atoms with van der Waals surface area (Å²) >= 11 is 0. The normalized spacial score (nSPS) is 24.6. The van der Waals surface area contributed by atoms with Gasteiger partial charge >= 0.3 is 0 Å². The Kier molecular flexibility index (Phi) is 3.41. The molecule has 0 saturated heterocycles. The molecule has 2 rings (SSSR count). The fraction of sp³-hybridized carbons (Fsp3) is 0.467. The van der Waals surface area contributed by atoms with Gasteiger partial charge in [-0.2, -0.15) is 0 Å². The molecule has 1 unspecified atom stereocenters. The summed E-state index contributed by atoms with van der Waals surface area (Å²) in [6.07, 6.45) is 3.77. The molecular formula is C15H18O2. The number of hydrogen-bond acceptors (Lipinski definition) is 2. The average Bonchev–Trinajstić information content (AvgIpc) is 2.33. The number of carbonyl (C=O) groups excluding carboxylic acids is 2. The van der Waals surface area contributed by atoms with Gasteiger partial charge in [0.25, 0.3) is 0 Å². The van der Waals surface area contributed by atoms with Gasteiger partial charge in [0.2, 0.25) is 0 Å². The van der Waals surface area contributed by atoms with Crippen LogP contribution >= 0.6 is 0 Å². The highest BCUT2D eigenvalue weighted by Crippen LogP contribution is 2.37. The predicted octanol–water partition coefficient (Wildman–Crippen LogP) is 2.95. The lowest BCUT2D eigenvalue weighted by molar-refractivity contribution is -0.142. The molecule has 2 heteroatoms. The molecule has 1 fully saturated rings. The fourth-order valence-electron chi connectivity index (χ4n) is 2.72. The largest absolute Gasteiger partial charge is 0.299 e. The quantitative estimate of drug-likeness (QED) is 0.748. The fourth-order valence-corrected chi connectivity index (χ4v) is 2.72. The number of carbonyl (C=O) groups is 2. The van der Waals surface area contributed by atoms with Gasteiger partial charge in [0, 0.05) is 6.42 Å². The van der Waals surface area contributed by atoms with Crippen molar-refractivity contribution >= 4 is 11.6 Å². The van der Waals surface area contributed by atoms with Gasteiger partial charge in [-0.25, -0.2) is 0 Å². The minimum atomic E-state index is -0.737. The summed E-state index contributed by atoms with van der Waals surface area (Å²) in [4.78, 5) is 24.1. The van der Waals surface area contributed by atoms with Gasteiger partial charge in [0.05, 0.1) is 5.41 Å². The molecule has 1 aromatic carbocycles. The molecular weight excluding hydrogens is 212 g/mol. The van der Waals surface area contributed by atoms with E-state index < -0.39 is 5.41 Å². The van der Waals surface area contributed by atoms with Crippen LogP contribution in [0.5, 0.6) is 0 Å². The predicted molar refractivity (Wildman–Crippen MR) is 66.7 cm³/mol. The maximum absolute atomic E-state index is 12.1. The van der Waals surface area contributed by atoms with Crippen LogP contribution < -0.4 is 0 Å². The van der Waals surface area contributed by atoms with Crippen LogP contribution in [0.3, 0.4) is 0 Å². The van der Waals surface area contributed by atoms with Gasteiger partial charge in [-0.1, -0.05) is 36.8 Å². The average molecular weight is 230 g/mol. The van der Waals surface area contributed by atoms with Crippen LogP contribution in [0.4, 0.5) is 0 Å². The second kappa shape index (κ2) is 4.82. The van der Waals surface area contributed by atoms with E-state index in [1.54, 1.807) is 6.92 Å². The van der Waals surface area contributed by atoms with Crippen LogP contribution in [0, 0.1) is 5.41 Å². The van der Waals surface area contributed by atoms with E-state index in [-0.39, 0.29) is 11.6 Å². The maximum Gasteiger partial charge on any atom is 0.146 e. The minimum Gasteiger partial charge on any atom is -0.299 e. The summed E-state index contributed by atoms with van der Waals surface area (Å²) in [5.74, 6) is 0.172. The van der Waals surface area contributed by atoms with Crippen molar-refractivity contribution in [2.75, 3.05) is 0 Å². The Morgan fingerprint density at radius 2 is 1.94 bits per heavy atom. The van der Waals surface area contributed by atoms with E-state index in [0.717, 1.165) is 24.8 Å². The van der Waals surface area contributed by atoms with Crippen molar-refractivity contribution in [3.63, 3.8) is 0 Å². The Morgan fingerprint density at radius 3 is 2.53 bits per heavy atom. The summed E-state index contributed by atoms with van der Waals surface area (Å²) in [5.41, 5.74) is 0.345. The summed E-state index contributed by atoms with van der Waals surface area (Å²) in [5, 5.41) is 0. The van der Waals surface area contributed by atoms with Crippen molar-refractivity contribution in [3.8, 4) is 0 Å². The zero-order chi connectivity index (χ0) is 12.3. The first-order chi connectivity index (χ1) is 8.15. The van der Waals surface area contributed by atoms with Crippen LogP contribution in [-0.4, -0.2) is 11.6 Å². The lowest BCUT2D eigenvalue weighted by Gasteiger charge is -2.33. The van der Waals surface area contributed by atoms with Crippen molar-refractivity contribution in [3.05, 3.63) is 35.9 Å². The van der Waals surface area contributed by atoms with Crippen molar-refractivity contribution < 1.29 is 9.59 Å². The van der Waals surface area contributed by atoms with Crippen molar-refractivity contribution in [2.24, 2.45) is 5.41 Å². The highest BCUT2D eigenvalue weighted by molar-refractivity contribution is 6.06. The van der Waals surface area contributed by atoms with E-state index in [2.05, 4.69) is 0 Å². The molecule has 0 spiro atoms. The Morgan fingerprint density at radius 1 is 1.24 bits per heavy atom. The van der Waals surface area contributed by atoms with E-state index in [1.165, 1.54) is 0 Å². The van der Waals surface area contributed by atoms with E-state index in [4.69, 9.17) is 0 Å². The van der Waals surface area contributed by atoms with Gasteiger partial charge in [0.15, 0.2) is 0 Å². The summed E-state index contributed by atoms with van der Waals surface area (Å²) in [6, 6.07) is 9.85. The third-order valence-corrected chi connectivity index (χ3v) is 3.81. The van der Waals surface area contributed by atoms with Gasteiger partial charge in [0.1, 0.15) is 11.6 Å². The first-order valence-corrected chi connectivity index (χ1v) is 6.23. The molecule has 1 aliphatic rings. The van der Waals surface area contributed by atoms with Crippen LogP contribution in [0.15, 0.2) is 30.3 Å². The first kappa shape index (κ1) is 12.0. The number of hydrogen-bond donors (Lipinski definition) is 0. The first-order valence-electron chi connectivity index (χ1n) is 6.23. The van der Waals surface area contributed by atoms with Crippen molar-refractivity contribution in [1.82, 2.24) is 0 Å². The van der Waals surface area contributed by atoms with Crippen LogP contribution in [-0.2, 0) is 16.0 Å². The van der Waals surface area contributed by atoms with E-state index in [9.17, 15) is 9.59 Å². The van der Waals surface area contributed by atoms with Gasteiger partial charge in [-0.05, 0) is 31.7 Å². The zero-order valence-corrected chi connectivity index (χ0v) is 10.2. The smallest absolute Gasteiger partial charge is 0.146 e. The standard InChI is InChI=1S/C15H18O2/c1-12(16)15(10-6-5-9-14(15)17)11-13-7-3-2-4-8-13/h2-4,7-8H,5-6,9-11H2,1H3. The Bertz CT molecular complexity index is 422. The topological polar surface area (TPSA) is 34.1 Å². The van der Waals surface area contributed by atoms with Crippen LogP contribution in [0.2, 0.25) is 0 Å². The number of rotatable bonds is 3. The van der Waals surface area contributed by atoms with Gasteiger partial charge in [-0.3, -0.25) is 9.59 Å². The Balaban J connectivity index is 2.29. The van der Waals surface area contributed by atoms with Gasteiger partial charge in [-0.15, -0.1) is 0 Å². The lowest BCUT2D eigenvalue weighted by Crippen LogP contribution is -2.42.